The molecule has 1 aromatic carbocycles. The largest absolute Gasteiger partial charge is 0.380 e. The normalized spacial score (nSPS) is 21.7. The van der Waals surface area contributed by atoms with Crippen LogP contribution in [0.15, 0.2) is 53.7 Å². The van der Waals surface area contributed by atoms with Crippen LogP contribution in [-0.2, 0) is 21.3 Å². The quantitative estimate of drug-likeness (QED) is 0.623. The third-order valence-electron chi connectivity index (χ3n) is 5.26. The molecule has 1 fully saturated rings. The molecule has 0 radical (unpaired) electrons. The van der Waals surface area contributed by atoms with E-state index in [9.17, 15) is 13.2 Å². The number of sulfonamides is 1. The van der Waals surface area contributed by atoms with E-state index in [4.69, 9.17) is 4.74 Å². The highest BCUT2D eigenvalue weighted by Gasteiger charge is 2.32. The van der Waals surface area contributed by atoms with Gasteiger partial charge in [-0.15, -0.1) is 0 Å². The summed E-state index contributed by atoms with van der Waals surface area (Å²) in [4.78, 5) is 16.2. The molecular formula is C21H28N4O4S. The van der Waals surface area contributed by atoms with Crippen LogP contribution < -0.4 is 15.4 Å². The second kappa shape index (κ2) is 10.0. The van der Waals surface area contributed by atoms with E-state index in [2.05, 4.69) is 27.3 Å². The molecule has 8 nitrogen and oxygen atoms in total. The Morgan fingerprint density at radius 3 is 2.63 bits per heavy atom. The monoisotopic (exact) mass is 432 g/mol. The van der Waals surface area contributed by atoms with Crippen LogP contribution in [0.1, 0.15) is 31.7 Å². The van der Waals surface area contributed by atoms with Gasteiger partial charge in [-0.1, -0.05) is 13.0 Å². The van der Waals surface area contributed by atoms with Crippen LogP contribution in [0, 0.1) is 5.92 Å². The summed E-state index contributed by atoms with van der Waals surface area (Å²) in [6.07, 6.45) is 5.82. The second-order valence-electron chi connectivity index (χ2n) is 7.61. The number of nitrogens with one attached hydrogen (secondary N) is 3. The Labute approximate surface area is 177 Å². The molecule has 0 saturated heterocycles. The van der Waals surface area contributed by atoms with Crippen LogP contribution in [0.25, 0.3) is 0 Å². The average molecular weight is 433 g/mol. The van der Waals surface area contributed by atoms with Gasteiger partial charge < -0.3 is 15.4 Å². The fraction of sp³-hybridized carbons (Fsp3) is 0.429. The standard InChI is InChI=1S/C21H28N4O4S/c1-15-5-10-20(29-2)19(12-15)25-30(27,28)18-8-6-17(7-9-18)24-21(26)23-14-16-4-3-11-22-13-16/h3-4,6-9,11,13,15,19-20,25H,5,10,12,14H2,1-2H3,(H2,23,24,26). The molecule has 0 spiro atoms. The molecule has 2 amide bonds. The first-order valence-corrected chi connectivity index (χ1v) is 11.4. The summed E-state index contributed by atoms with van der Waals surface area (Å²) in [6.45, 7) is 2.46. The van der Waals surface area contributed by atoms with Gasteiger partial charge >= 0.3 is 6.03 Å². The van der Waals surface area contributed by atoms with Gasteiger partial charge in [0.2, 0.25) is 10.0 Å². The van der Waals surface area contributed by atoms with E-state index in [1.807, 2.05) is 6.07 Å². The summed E-state index contributed by atoms with van der Waals surface area (Å²) in [5, 5.41) is 5.42. The SMILES string of the molecule is COC1CCC(C)CC1NS(=O)(=O)c1ccc(NC(=O)NCc2cccnc2)cc1. The lowest BCUT2D eigenvalue weighted by atomic mass is 9.85. The number of rotatable bonds is 7. The fourth-order valence-electron chi connectivity index (χ4n) is 3.60. The zero-order chi connectivity index (χ0) is 21.6. The summed E-state index contributed by atoms with van der Waals surface area (Å²) in [6, 6.07) is 9.11. The van der Waals surface area contributed by atoms with Crippen molar-refractivity contribution in [2.75, 3.05) is 12.4 Å². The highest BCUT2D eigenvalue weighted by molar-refractivity contribution is 7.89. The molecule has 1 aliphatic carbocycles. The summed E-state index contributed by atoms with van der Waals surface area (Å²) in [7, 11) is -2.07. The van der Waals surface area contributed by atoms with Gasteiger partial charge in [-0.3, -0.25) is 4.98 Å². The molecule has 1 heterocycles. The smallest absolute Gasteiger partial charge is 0.319 e. The van der Waals surface area contributed by atoms with E-state index in [-0.39, 0.29) is 23.1 Å². The van der Waals surface area contributed by atoms with Gasteiger partial charge in [0.1, 0.15) is 0 Å². The van der Waals surface area contributed by atoms with Gasteiger partial charge in [0, 0.05) is 37.8 Å². The zero-order valence-corrected chi connectivity index (χ0v) is 18.0. The number of carbonyl (C=O) groups excluding carboxylic acids is 1. The van der Waals surface area contributed by atoms with Crippen LogP contribution in [0.3, 0.4) is 0 Å². The van der Waals surface area contributed by atoms with Gasteiger partial charge in [-0.2, -0.15) is 0 Å². The van der Waals surface area contributed by atoms with Gasteiger partial charge in [-0.25, -0.2) is 17.9 Å². The van der Waals surface area contributed by atoms with Crippen molar-refractivity contribution in [1.29, 1.82) is 0 Å². The number of amides is 2. The van der Waals surface area contributed by atoms with Crippen molar-refractivity contribution >= 4 is 21.7 Å². The number of carbonyl (C=O) groups is 1. The third-order valence-corrected chi connectivity index (χ3v) is 6.76. The highest BCUT2D eigenvalue weighted by Crippen LogP contribution is 2.27. The zero-order valence-electron chi connectivity index (χ0n) is 17.2. The lowest BCUT2D eigenvalue weighted by Crippen LogP contribution is -2.47. The number of anilines is 1. The fourth-order valence-corrected chi connectivity index (χ4v) is 4.88. The Morgan fingerprint density at radius 2 is 1.97 bits per heavy atom. The number of hydrogen-bond donors (Lipinski definition) is 3. The molecule has 3 N–H and O–H groups in total. The molecular weight excluding hydrogens is 404 g/mol. The molecule has 2 aromatic rings. The molecule has 0 aliphatic heterocycles. The van der Waals surface area contributed by atoms with Crippen molar-refractivity contribution < 1.29 is 17.9 Å². The Hall–Kier alpha value is -2.49. The predicted octanol–water partition coefficient (Wildman–Crippen LogP) is 2.89. The molecule has 3 unspecified atom stereocenters. The molecule has 1 aliphatic rings. The number of benzene rings is 1. The molecule has 3 rings (SSSR count). The molecule has 3 atom stereocenters. The minimum atomic E-state index is -3.68. The summed E-state index contributed by atoms with van der Waals surface area (Å²) in [5.41, 5.74) is 1.38. The van der Waals surface area contributed by atoms with Crippen molar-refractivity contribution in [2.45, 2.75) is 49.8 Å². The van der Waals surface area contributed by atoms with Gasteiger partial charge in [0.15, 0.2) is 0 Å². The number of urea groups is 1. The second-order valence-corrected chi connectivity index (χ2v) is 9.33. The first kappa shape index (κ1) is 22.2. The third kappa shape index (κ3) is 6.01. The van der Waals surface area contributed by atoms with Crippen molar-refractivity contribution in [2.24, 2.45) is 5.92 Å². The number of hydrogen-bond acceptors (Lipinski definition) is 5. The summed E-state index contributed by atoms with van der Waals surface area (Å²) < 4.78 is 33.8. The van der Waals surface area contributed by atoms with E-state index in [1.165, 1.54) is 12.1 Å². The highest BCUT2D eigenvalue weighted by atomic mass is 32.2. The minimum absolute atomic E-state index is 0.125. The maximum atomic E-state index is 12.8. The number of nitrogens with zero attached hydrogens (tertiary/aromatic N) is 1. The lowest BCUT2D eigenvalue weighted by Gasteiger charge is -2.34. The Balaban J connectivity index is 1.57. The number of ether oxygens (including phenoxy) is 1. The Kier molecular flexibility index (Phi) is 7.41. The van der Waals surface area contributed by atoms with Crippen molar-refractivity contribution in [1.82, 2.24) is 15.0 Å². The first-order valence-electron chi connectivity index (χ1n) is 9.96. The summed E-state index contributed by atoms with van der Waals surface area (Å²) in [5.74, 6) is 0.445. The molecule has 1 saturated carbocycles. The molecule has 30 heavy (non-hydrogen) atoms. The van der Waals surface area contributed by atoms with Gasteiger partial charge in [0.05, 0.1) is 11.0 Å². The van der Waals surface area contributed by atoms with Crippen LogP contribution >= 0.6 is 0 Å². The van der Waals surface area contributed by atoms with E-state index in [0.717, 1.165) is 24.8 Å². The Bertz CT molecular complexity index is 935. The van der Waals surface area contributed by atoms with Crippen LogP contribution in [0.2, 0.25) is 0 Å². The van der Waals surface area contributed by atoms with E-state index in [0.29, 0.717) is 18.2 Å². The first-order chi connectivity index (χ1) is 14.4. The van der Waals surface area contributed by atoms with Gasteiger partial charge in [0.25, 0.3) is 0 Å². The number of pyridine rings is 1. The Morgan fingerprint density at radius 1 is 1.20 bits per heavy atom. The lowest BCUT2D eigenvalue weighted by molar-refractivity contribution is 0.0370. The summed E-state index contributed by atoms with van der Waals surface area (Å²) >= 11 is 0. The molecule has 162 valence electrons. The maximum absolute atomic E-state index is 12.8. The van der Waals surface area contributed by atoms with Crippen LogP contribution in [-0.4, -0.2) is 38.7 Å². The minimum Gasteiger partial charge on any atom is -0.380 e. The number of methoxy groups -OCH3 is 1. The van der Waals surface area contributed by atoms with E-state index in [1.54, 1.807) is 37.7 Å². The van der Waals surface area contributed by atoms with E-state index < -0.39 is 10.0 Å². The van der Waals surface area contributed by atoms with E-state index >= 15 is 0 Å². The van der Waals surface area contributed by atoms with Crippen LogP contribution in [0.4, 0.5) is 10.5 Å². The number of aromatic nitrogens is 1. The van der Waals surface area contributed by atoms with Crippen molar-refractivity contribution in [3.05, 3.63) is 54.4 Å². The average Bonchev–Trinajstić information content (AvgIpc) is 2.73. The van der Waals surface area contributed by atoms with Crippen molar-refractivity contribution in [3.8, 4) is 0 Å². The molecule has 1 aromatic heterocycles. The predicted molar refractivity (Wildman–Crippen MR) is 114 cm³/mol. The molecule has 0 bridgehead atoms. The maximum Gasteiger partial charge on any atom is 0.319 e. The topological polar surface area (TPSA) is 109 Å². The van der Waals surface area contributed by atoms with Gasteiger partial charge in [-0.05, 0) is 61.1 Å². The van der Waals surface area contributed by atoms with Crippen molar-refractivity contribution in [3.63, 3.8) is 0 Å². The molecule has 9 heteroatoms. The van der Waals surface area contributed by atoms with Crippen LogP contribution in [0.5, 0.6) is 0 Å².